The fraction of sp³-hybridized carbons (Fsp3) is 0.321. The third kappa shape index (κ3) is 6.70. The van der Waals surface area contributed by atoms with Crippen molar-refractivity contribution in [3.05, 3.63) is 75.9 Å². The highest BCUT2D eigenvalue weighted by Gasteiger charge is 2.26. The molecule has 0 radical (unpaired) electrons. The van der Waals surface area contributed by atoms with Gasteiger partial charge in [0.1, 0.15) is 28.1 Å². The number of imidazole rings is 1. The second kappa shape index (κ2) is 11.6. The van der Waals surface area contributed by atoms with Gasteiger partial charge in [-0.3, -0.25) is 9.36 Å². The van der Waals surface area contributed by atoms with Gasteiger partial charge in [0.15, 0.2) is 0 Å². The van der Waals surface area contributed by atoms with E-state index in [2.05, 4.69) is 15.6 Å². The largest absolute Gasteiger partial charge is 0.484 e. The van der Waals surface area contributed by atoms with Gasteiger partial charge in [0.25, 0.3) is 5.91 Å². The van der Waals surface area contributed by atoms with Crippen LogP contribution >= 0.6 is 22.9 Å². The van der Waals surface area contributed by atoms with E-state index in [4.69, 9.17) is 22.1 Å². The van der Waals surface area contributed by atoms with Gasteiger partial charge in [-0.25, -0.2) is 9.78 Å². The number of nitrogens with two attached hydrogens (primary N) is 1. The normalized spacial score (nSPS) is 13.3. The van der Waals surface area contributed by atoms with Crippen LogP contribution in [0.25, 0.3) is 16.0 Å². The van der Waals surface area contributed by atoms with Crippen molar-refractivity contribution in [1.29, 1.82) is 0 Å². The number of carbonyl (C=O) groups excluding carboxylic acids is 1. The summed E-state index contributed by atoms with van der Waals surface area (Å²) >= 11 is 7.56. The van der Waals surface area contributed by atoms with Gasteiger partial charge in [0, 0.05) is 35.8 Å². The van der Waals surface area contributed by atoms with Gasteiger partial charge in [-0.05, 0) is 36.1 Å². The van der Waals surface area contributed by atoms with Crippen molar-refractivity contribution in [3.8, 4) is 10.8 Å². The van der Waals surface area contributed by atoms with Crippen molar-refractivity contribution in [2.24, 2.45) is 11.1 Å². The molecular formula is C28H32ClN5O4S. The summed E-state index contributed by atoms with van der Waals surface area (Å²) < 4.78 is 8.05. The molecule has 4 rings (SSSR count). The SMILES string of the molecule is C[C@@H](Oc1cc(-n2cnc3ccc(CNCC(NC(=O)O)C(C)(C)C)cc32)sc1C(N)=O)c1ccccc1Cl. The molecule has 0 spiro atoms. The van der Waals surface area contributed by atoms with E-state index in [1.54, 1.807) is 18.5 Å². The van der Waals surface area contributed by atoms with Crippen molar-refractivity contribution in [1.82, 2.24) is 20.2 Å². The molecule has 0 aliphatic heterocycles. The number of halogens is 1. The van der Waals surface area contributed by atoms with Crippen molar-refractivity contribution in [2.45, 2.75) is 46.4 Å². The zero-order valence-corrected chi connectivity index (χ0v) is 23.8. The number of benzene rings is 2. The van der Waals surface area contributed by atoms with Gasteiger partial charge >= 0.3 is 6.09 Å². The first-order valence-electron chi connectivity index (χ1n) is 12.4. The lowest BCUT2D eigenvalue weighted by Crippen LogP contribution is -2.49. The van der Waals surface area contributed by atoms with Crippen molar-refractivity contribution in [3.63, 3.8) is 0 Å². The molecule has 39 heavy (non-hydrogen) atoms. The highest BCUT2D eigenvalue weighted by molar-refractivity contribution is 7.16. The molecule has 2 aromatic heterocycles. The van der Waals surface area contributed by atoms with Crippen LogP contribution in [-0.4, -0.2) is 39.2 Å². The monoisotopic (exact) mass is 569 g/mol. The van der Waals surface area contributed by atoms with Crippen LogP contribution in [0.5, 0.6) is 5.75 Å². The Balaban J connectivity index is 1.57. The van der Waals surface area contributed by atoms with E-state index in [-0.39, 0.29) is 11.5 Å². The van der Waals surface area contributed by atoms with E-state index in [0.29, 0.717) is 28.7 Å². The van der Waals surface area contributed by atoms with Crippen LogP contribution in [0, 0.1) is 5.41 Å². The third-order valence-corrected chi connectivity index (χ3v) is 7.90. The minimum atomic E-state index is -1.04. The summed E-state index contributed by atoms with van der Waals surface area (Å²) in [4.78, 5) is 28.3. The van der Waals surface area contributed by atoms with Crippen LogP contribution in [0.3, 0.4) is 0 Å². The summed E-state index contributed by atoms with van der Waals surface area (Å²) in [5, 5.41) is 16.4. The molecule has 9 nitrogen and oxygen atoms in total. The van der Waals surface area contributed by atoms with E-state index < -0.39 is 18.1 Å². The number of aromatic nitrogens is 2. The van der Waals surface area contributed by atoms with Crippen molar-refractivity contribution >= 4 is 46.0 Å². The number of nitrogens with one attached hydrogen (secondary N) is 2. The smallest absolute Gasteiger partial charge is 0.404 e. The Kier molecular flexibility index (Phi) is 8.48. The predicted octanol–water partition coefficient (Wildman–Crippen LogP) is 5.75. The lowest BCUT2D eigenvalue weighted by atomic mass is 9.86. The van der Waals surface area contributed by atoms with E-state index >= 15 is 0 Å². The van der Waals surface area contributed by atoms with Crippen LogP contribution in [0.2, 0.25) is 5.02 Å². The number of rotatable bonds is 10. The molecule has 0 saturated heterocycles. The zero-order chi connectivity index (χ0) is 28.3. The van der Waals surface area contributed by atoms with Gasteiger partial charge in [0.2, 0.25) is 0 Å². The lowest BCUT2D eigenvalue weighted by Gasteiger charge is -2.30. The summed E-state index contributed by atoms with van der Waals surface area (Å²) in [5.74, 6) is -0.195. The summed E-state index contributed by atoms with van der Waals surface area (Å²) in [5.41, 5.74) is 8.91. The lowest BCUT2D eigenvalue weighted by molar-refractivity contribution is 0.0998. The van der Waals surface area contributed by atoms with Crippen LogP contribution in [0.4, 0.5) is 4.79 Å². The Labute approximate surface area is 235 Å². The first-order valence-corrected chi connectivity index (χ1v) is 13.6. The number of amides is 2. The molecule has 0 bridgehead atoms. The van der Waals surface area contributed by atoms with Gasteiger partial charge in [-0.15, -0.1) is 11.3 Å². The molecule has 0 saturated carbocycles. The molecule has 206 valence electrons. The number of nitrogens with zero attached hydrogens (tertiary/aromatic N) is 2. The molecule has 5 N–H and O–H groups in total. The maximum Gasteiger partial charge on any atom is 0.404 e. The van der Waals surface area contributed by atoms with E-state index in [9.17, 15) is 14.7 Å². The van der Waals surface area contributed by atoms with E-state index in [0.717, 1.165) is 27.2 Å². The fourth-order valence-electron chi connectivity index (χ4n) is 4.22. The number of carboxylic acid groups (broad SMARTS) is 1. The van der Waals surface area contributed by atoms with Crippen molar-refractivity contribution in [2.75, 3.05) is 6.54 Å². The first-order chi connectivity index (χ1) is 18.4. The Morgan fingerprint density at radius 2 is 1.95 bits per heavy atom. The molecule has 2 amide bonds. The topological polar surface area (TPSA) is 132 Å². The molecule has 2 aromatic carbocycles. The van der Waals surface area contributed by atoms with Crippen LogP contribution < -0.4 is 21.1 Å². The fourth-order valence-corrected chi connectivity index (χ4v) is 5.44. The average molecular weight is 570 g/mol. The predicted molar refractivity (Wildman–Crippen MR) is 154 cm³/mol. The van der Waals surface area contributed by atoms with E-state index in [1.807, 2.05) is 68.7 Å². The summed E-state index contributed by atoms with van der Waals surface area (Å²) in [6, 6.07) is 14.9. The molecule has 2 heterocycles. The summed E-state index contributed by atoms with van der Waals surface area (Å²) in [6.45, 7) is 8.86. The molecule has 0 fully saturated rings. The summed E-state index contributed by atoms with van der Waals surface area (Å²) in [7, 11) is 0. The van der Waals surface area contributed by atoms with Gasteiger partial charge in [-0.1, -0.05) is 56.6 Å². The average Bonchev–Trinajstić information content (AvgIpc) is 3.46. The van der Waals surface area contributed by atoms with Gasteiger partial charge in [0.05, 0.1) is 11.0 Å². The maximum atomic E-state index is 12.3. The molecule has 0 aliphatic rings. The quantitative estimate of drug-likeness (QED) is 0.192. The zero-order valence-electron chi connectivity index (χ0n) is 22.2. The minimum Gasteiger partial charge on any atom is -0.484 e. The number of ether oxygens (including phenoxy) is 1. The van der Waals surface area contributed by atoms with Crippen LogP contribution in [0.15, 0.2) is 54.9 Å². The first kappa shape index (κ1) is 28.4. The second-order valence-electron chi connectivity index (χ2n) is 10.4. The number of primary amides is 1. The Hall–Kier alpha value is -3.60. The number of hydrogen-bond donors (Lipinski definition) is 4. The van der Waals surface area contributed by atoms with Crippen LogP contribution in [-0.2, 0) is 6.54 Å². The Bertz CT molecular complexity index is 1490. The van der Waals surface area contributed by atoms with Gasteiger partial charge in [-0.2, -0.15) is 0 Å². The number of carbonyl (C=O) groups is 2. The minimum absolute atomic E-state index is 0.242. The molecule has 4 aromatic rings. The van der Waals surface area contributed by atoms with Crippen LogP contribution in [0.1, 0.15) is 54.6 Å². The third-order valence-electron chi connectivity index (χ3n) is 6.43. The molecular weight excluding hydrogens is 538 g/mol. The van der Waals surface area contributed by atoms with Gasteiger partial charge < -0.3 is 26.2 Å². The Morgan fingerprint density at radius 1 is 1.21 bits per heavy atom. The summed E-state index contributed by atoms with van der Waals surface area (Å²) in [6.07, 6.45) is 0.258. The highest BCUT2D eigenvalue weighted by Crippen LogP contribution is 2.37. The number of fused-ring (bicyclic) bond motifs is 1. The highest BCUT2D eigenvalue weighted by atomic mass is 35.5. The van der Waals surface area contributed by atoms with E-state index in [1.165, 1.54) is 11.3 Å². The molecule has 0 aliphatic carbocycles. The standard InChI is InChI=1S/C28H32ClN5O4S/c1-16(18-7-5-6-8-19(18)29)38-22-12-24(39-25(22)26(30)35)34-15-32-20-10-9-17(11-21(20)34)13-31-14-23(28(2,3)4)33-27(36)37/h5-12,15-16,23,31,33H,13-14H2,1-4H3,(H2,30,35)(H,36,37)/t16-,23?/m1/s1. The molecule has 11 heteroatoms. The van der Waals surface area contributed by atoms with Crippen molar-refractivity contribution < 1.29 is 19.4 Å². The number of hydrogen-bond acceptors (Lipinski definition) is 6. The molecule has 2 atom stereocenters. The Morgan fingerprint density at radius 3 is 2.62 bits per heavy atom. The number of thiophene rings is 1. The maximum absolute atomic E-state index is 12.3. The molecule has 1 unspecified atom stereocenters. The second-order valence-corrected chi connectivity index (χ2v) is 11.8.